The maximum Gasteiger partial charge on any atom is 0.273 e. The molecule has 0 aliphatic carbocycles. The van der Waals surface area contributed by atoms with Crippen molar-refractivity contribution in [3.8, 4) is 0 Å². The highest BCUT2D eigenvalue weighted by Crippen LogP contribution is 2.20. The van der Waals surface area contributed by atoms with Gasteiger partial charge in [0.2, 0.25) is 0 Å². The minimum atomic E-state index is -0.248. The number of nitrogens with one attached hydrogen (secondary N) is 1. The van der Waals surface area contributed by atoms with Crippen LogP contribution in [-0.2, 0) is 0 Å². The summed E-state index contributed by atoms with van der Waals surface area (Å²) in [5, 5.41) is 11.2. The molecule has 0 aliphatic heterocycles. The van der Waals surface area contributed by atoms with E-state index in [-0.39, 0.29) is 11.4 Å². The fourth-order valence-corrected chi connectivity index (χ4v) is 1.47. The number of nitrogens with zero attached hydrogens (tertiary/aromatic N) is 3. The van der Waals surface area contributed by atoms with Crippen molar-refractivity contribution in [1.29, 1.82) is 0 Å². The quantitative estimate of drug-likeness (QED) is 0.828. The van der Waals surface area contributed by atoms with Crippen LogP contribution in [0.4, 0.5) is 5.82 Å². The summed E-state index contributed by atoms with van der Waals surface area (Å²) in [6.07, 6.45) is 0. The molecule has 3 N–H and O–H groups in total. The first kappa shape index (κ1) is 15.4. The van der Waals surface area contributed by atoms with Crippen molar-refractivity contribution in [1.82, 2.24) is 15.1 Å². The van der Waals surface area contributed by atoms with E-state index < -0.39 is 0 Å². The van der Waals surface area contributed by atoms with Crippen LogP contribution in [-0.4, -0.2) is 47.2 Å². The molecule has 1 heterocycles. The van der Waals surface area contributed by atoms with Crippen LogP contribution in [0, 0.1) is 5.92 Å². The van der Waals surface area contributed by atoms with Gasteiger partial charge in [0.15, 0.2) is 5.69 Å². The summed E-state index contributed by atoms with van der Waals surface area (Å²) < 4.78 is 0. The predicted molar refractivity (Wildman–Crippen MR) is 76.0 cm³/mol. The molecule has 1 atom stereocenters. The molecule has 6 heteroatoms. The average molecular weight is 265 g/mol. The highest BCUT2D eigenvalue weighted by Gasteiger charge is 2.27. The highest BCUT2D eigenvalue weighted by molar-refractivity contribution is 5.91. The van der Waals surface area contributed by atoms with E-state index >= 15 is 0 Å². The molecule has 0 saturated heterocycles. The fourth-order valence-electron chi connectivity index (χ4n) is 1.47. The first-order valence-corrected chi connectivity index (χ1v) is 6.34. The zero-order valence-electron chi connectivity index (χ0n) is 12.3. The molecular weight excluding hydrogens is 242 g/mol. The number of hydrogen-bond acceptors (Lipinski definition) is 5. The number of carbonyl (C=O) groups excluding carboxylic acids is 1. The number of aromatic nitrogens is 2. The van der Waals surface area contributed by atoms with Gasteiger partial charge in [0, 0.05) is 20.6 Å². The molecule has 1 amide bonds. The van der Waals surface area contributed by atoms with Gasteiger partial charge in [-0.05, 0) is 25.0 Å². The van der Waals surface area contributed by atoms with Crippen molar-refractivity contribution < 1.29 is 4.79 Å². The maximum absolute atomic E-state index is 11.7. The predicted octanol–water partition coefficient (Wildman–Crippen LogP) is 0.964. The minimum Gasteiger partial charge on any atom is -0.362 e. The zero-order chi connectivity index (χ0) is 14.6. The Morgan fingerprint density at radius 2 is 2.05 bits per heavy atom. The highest BCUT2D eigenvalue weighted by atomic mass is 16.2. The lowest BCUT2D eigenvalue weighted by molar-refractivity contribution is 0.0821. The summed E-state index contributed by atoms with van der Waals surface area (Å²) >= 11 is 0. The smallest absolute Gasteiger partial charge is 0.273 e. The van der Waals surface area contributed by atoms with Crippen molar-refractivity contribution in [2.75, 3.05) is 26.0 Å². The minimum absolute atomic E-state index is 0.163. The summed E-state index contributed by atoms with van der Waals surface area (Å²) in [4.78, 5) is 13.2. The lowest BCUT2D eigenvalue weighted by atomic mass is 9.88. The molecule has 0 radical (unpaired) electrons. The van der Waals surface area contributed by atoms with E-state index in [1.165, 1.54) is 4.90 Å². The first-order chi connectivity index (χ1) is 8.80. The Morgan fingerprint density at radius 1 is 1.42 bits per heavy atom. The largest absolute Gasteiger partial charge is 0.362 e. The van der Waals surface area contributed by atoms with E-state index in [4.69, 9.17) is 5.73 Å². The van der Waals surface area contributed by atoms with Crippen molar-refractivity contribution in [2.24, 2.45) is 11.7 Å². The summed E-state index contributed by atoms with van der Waals surface area (Å²) in [6, 6.07) is 3.41. The maximum atomic E-state index is 11.7. The zero-order valence-corrected chi connectivity index (χ0v) is 12.3. The van der Waals surface area contributed by atoms with Gasteiger partial charge in [-0.1, -0.05) is 13.8 Å². The summed E-state index contributed by atoms with van der Waals surface area (Å²) in [7, 11) is 3.36. The van der Waals surface area contributed by atoms with Crippen molar-refractivity contribution in [3.05, 3.63) is 17.8 Å². The molecule has 0 bridgehead atoms. The Bertz CT molecular complexity index is 429. The van der Waals surface area contributed by atoms with Crippen molar-refractivity contribution in [3.63, 3.8) is 0 Å². The standard InChI is InChI=1S/C13H23N5O/c1-9(2)13(3,8-14)15-11-7-6-10(16-17-11)12(19)18(4)5/h6-7,9H,8,14H2,1-5H3,(H,15,17). The molecule has 1 aromatic rings. The van der Waals surface area contributed by atoms with Crippen molar-refractivity contribution in [2.45, 2.75) is 26.3 Å². The SMILES string of the molecule is CC(C)C(C)(CN)Nc1ccc(C(=O)N(C)C)nn1. The molecular formula is C13H23N5O. The molecule has 6 nitrogen and oxygen atoms in total. The van der Waals surface area contributed by atoms with E-state index in [0.717, 1.165) is 0 Å². The second-order valence-corrected chi connectivity index (χ2v) is 5.40. The van der Waals surface area contributed by atoms with Gasteiger partial charge in [0.05, 0.1) is 5.54 Å². The normalized spacial score (nSPS) is 14.1. The van der Waals surface area contributed by atoms with Gasteiger partial charge in [-0.15, -0.1) is 10.2 Å². The third-order valence-electron chi connectivity index (χ3n) is 3.40. The number of carbonyl (C=O) groups is 1. The molecule has 1 rings (SSSR count). The second-order valence-electron chi connectivity index (χ2n) is 5.40. The van der Waals surface area contributed by atoms with Gasteiger partial charge in [-0.2, -0.15) is 0 Å². The Balaban J connectivity index is 2.85. The van der Waals surface area contributed by atoms with Crippen LogP contribution in [0.5, 0.6) is 0 Å². The van der Waals surface area contributed by atoms with Crippen LogP contribution < -0.4 is 11.1 Å². The van der Waals surface area contributed by atoms with Gasteiger partial charge >= 0.3 is 0 Å². The molecule has 1 unspecified atom stereocenters. The van der Waals surface area contributed by atoms with Crippen LogP contribution >= 0.6 is 0 Å². The lowest BCUT2D eigenvalue weighted by Gasteiger charge is -2.33. The summed E-state index contributed by atoms with van der Waals surface area (Å²) in [5.41, 5.74) is 5.88. The third-order valence-corrected chi connectivity index (χ3v) is 3.40. The monoisotopic (exact) mass is 265 g/mol. The van der Waals surface area contributed by atoms with Crippen LogP contribution in [0.2, 0.25) is 0 Å². The number of anilines is 1. The molecule has 0 spiro atoms. The van der Waals surface area contributed by atoms with E-state index in [9.17, 15) is 4.79 Å². The second kappa shape index (κ2) is 5.97. The van der Waals surface area contributed by atoms with Gasteiger partial charge in [0.1, 0.15) is 5.82 Å². The summed E-state index contributed by atoms with van der Waals surface area (Å²) in [5.74, 6) is 0.809. The molecule has 0 saturated carbocycles. The number of nitrogens with two attached hydrogens (primary N) is 1. The molecule has 1 aromatic heterocycles. The Hall–Kier alpha value is -1.69. The lowest BCUT2D eigenvalue weighted by Crippen LogP contribution is -2.47. The summed E-state index contributed by atoms with van der Waals surface area (Å²) in [6.45, 7) is 6.72. The fraction of sp³-hybridized carbons (Fsp3) is 0.615. The van der Waals surface area contributed by atoms with Crippen LogP contribution in [0.3, 0.4) is 0 Å². The third kappa shape index (κ3) is 3.64. The Labute approximate surface area is 114 Å². The molecule has 106 valence electrons. The first-order valence-electron chi connectivity index (χ1n) is 6.34. The molecule has 0 fully saturated rings. The van der Waals surface area contributed by atoms with Gasteiger partial charge in [-0.3, -0.25) is 4.79 Å². The van der Waals surface area contributed by atoms with E-state index in [1.54, 1.807) is 26.2 Å². The Morgan fingerprint density at radius 3 is 2.42 bits per heavy atom. The van der Waals surface area contributed by atoms with Gasteiger partial charge in [0.25, 0.3) is 5.91 Å². The Kier molecular flexibility index (Phi) is 4.83. The average Bonchev–Trinajstić information content (AvgIpc) is 2.38. The number of amides is 1. The number of hydrogen-bond donors (Lipinski definition) is 2. The topological polar surface area (TPSA) is 84.1 Å². The molecule has 0 aliphatic rings. The van der Waals surface area contributed by atoms with E-state index in [0.29, 0.717) is 24.0 Å². The van der Waals surface area contributed by atoms with Crippen LogP contribution in [0.15, 0.2) is 12.1 Å². The molecule has 0 aromatic carbocycles. The van der Waals surface area contributed by atoms with E-state index in [2.05, 4.69) is 29.4 Å². The number of rotatable bonds is 5. The molecule has 19 heavy (non-hydrogen) atoms. The van der Waals surface area contributed by atoms with E-state index in [1.807, 2.05) is 6.92 Å². The van der Waals surface area contributed by atoms with Crippen LogP contribution in [0.1, 0.15) is 31.3 Å². The van der Waals surface area contributed by atoms with Crippen molar-refractivity contribution >= 4 is 11.7 Å². The van der Waals surface area contributed by atoms with Gasteiger partial charge in [-0.25, -0.2) is 0 Å². The van der Waals surface area contributed by atoms with Crippen LogP contribution in [0.25, 0.3) is 0 Å². The van der Waals surface area contributed by atoms with Gasteiger partial charge < -0.3 is 16.0 Å².